The Labute approximate surface area is 211 Å². The van der Waals surface area contributed by atoms with Crippen molar-refractivity contribution in [2.45, 2.75) is 57.8 Å². The summed E-state index contributed by atoms with van der Waals surface area (Å²) >= 11 is 1.52. The third-order valence-corrected chi connectivity index (χ3v) is 8.87. The SMILES string of the molecule is OCCSNc1ccc(-n2cc(-c3ccc(CC4CCCC4)o3)nn2)c(N2CCC3(CC2)CC3)c1. The van der Waals surface area contributed by atoms with Crippen LogP contribution in [0.1, 0.15) is 57.1 Å². The van der Waals surface area contributed by atoms with Gasteiger partial charge in [-0.05, 0) is 67.3 Å². The van der Waals surface area contributed by atoms with Crippen molar-refractivity contribution in [1.29, 1.82) is 0 Å². The molecule has 186 valence electrons. The monoisotopic (exact) mass is 493 g/mol. The largest absolute Gasteiger partial charge is 0.459 e. The fourth-order valence-electron chi connectivity index (χ4n) is 5.73. The van der Waals surface area contributed by atoms with E-state index in [1.54, 1.807) is 0 Å². The summed E-state index contributed by atoms with van der Waals surface area (Å²) in [5.74, 6) is 3.26. The molecular formula is C27H35N5O2S. The Morgan fingerprint density at radius 2 is 1.89 bits per heavy atom. The highest BCUT2D eigenvalue weighted by atomic mass is 32.2. The molecule has 7 nitrogen and oxygen atoms in total. The van der Waals surface area contributed by atoms with Crippen molar-refractivity contribution >= 4 is 23.3 Å². The first-order valence-corrected chi connectivity index (χ1v) is 14.1. The molecule has 0 bridgehead atoms. The first-order chi connectivity index (χ1) is 17.2. The lowest BCUT2D eigenvalue weighted by Gasteiger charge is -2.35. The quantitative estimate of drug-likeness (QED) is 0.293. The van der Waals surface area contributed by atoms with Gasteiger partial charge in [-0.3, -0.25) is 0 Å². The Morgan fingerprint density at radius 3 is 2.66 bits per heavy atom. The van der Waals surface area contributed by atoms with E-state index >= 15 is 0 Å². The summed E-state index contributed by atoms with van der Waals surface area (Å²) in [5, 5.41) is 18.1. The van der Waals surface area contributed by atoms with E-state index in [4.69, 9.17) is 9.52 Å². The Hall–Kier alpha value is -2.45. The van der Waals surface area contributed by atoms with Crippen LogP contribution in [0.15, 0.2) is 40.9 Å². The normalized spacial score (nSPS) is 19.5. The highest BCUT2D eigenvalue weighted by Gasteiger charge is 2.44. The molecule has 2 saturated carbocycles. The molecule has 3 heterocycles. The Balaban J connectivity index is 1.24. The van der Waals surface area contributed by atoms with Gasteiger partial charge in [0.15, 0.2) is 5.76 Å². The molecule has 3 aliphatic rings. The first-order valence-electron chi connectivity index (χ1n) is 13.1. The Kier molecular flexibility index (Phi) is 6.50. The van der Waals surface area contributed by atoms with Crippen LogP contribution in [0, 0.1) is 11.3 Å². The van der Waals surface area contributed by atoms with Crippen LogP contribution in [0.5, 0.6) is 0 Å². The molecule has 1 spiro atoms. The molecule has 0 atom stereocenters. The topological polar surface area (TPSA) is 79.3 Å². The second-order valence-electron chi connectivity index (χ2n) is 10.5. The van der Waals surface area contributed by atoms with Crippen molar-refractivity contribution < 1.29 is 9.52 Å². The average Bonchev–Trinajstić information content (AvgIpc) is 3.34. The van der Waals surface area contributed by atoms with Crippen molar-refractivity contribution in [3.8, 4) is 17.1 Å². The molecule has 2 N–H and O–H groups in total. The summed E-state index contributed by atoms with van der Waals surface area (Å²) in [5.41, 5.74) is 4.64. The van der Waals surface area contributed by atoms with Crippen LogP contribution in [0.2, 0.25) is 0 Å². The lowest BCUT2D eigenvalue weighted by molar-refractivity contribution is 0.322. The molecule has 3 aromatic rings. The van der Waals surface area contributed by atoms with Gasteiger partial charge in [0.1, 0.15) is 11.5 Å². The standard InChI is InChI=1S/C27H35N5O2S/c33-15-16-35-29-21-5-7-24(25(18-21)31-13-11-27(9-10-27)12-14-31)32-19-23(28-30-32)26-8-6-22(34-26)17-20-3-1-2-4-20/h5-8,18-20,29,33H,1-4,9-17H2. The lowest BCUT2D eigenvalue weighted by atomic mass is 9.93. The van der Waals surface area contributed by atoms with Crippen molar-refractivity contribution in [2.75, 3.05) is 35.1 Å². The second-order valence-corrected chi connectivity index (χ2v) is 11.4. The highest BCUT2D eigenvalue weighted by molar-refractivity contribution is 8.00. The Bertz CT molecular complexity index is 1140. The molecule has 1 saturated heterocycles. The number of benzene rings is 1. The summed E-state index contributed by atoms with van der Waals surface area (Å²) in [6, 6.07) is 10.5. The van der Waals surface area contributed by atoms with E-state index in [2.05, 4.69) is 44.2 Å². The van der Waals surface area contributed by atoms with Gasteiger partial charge in [-0.2, -0.15) is 0 Å². The van der Waals surface area contributed by atoms with Crippen molar-refractivity contribution in [2.24, 2.45) is 11.3 Å². The maximum absolute atomic E-state index is 9.12. The summed E-state index contributed by atoms with van der Waals surface area (Å²) in [7, 11) is 0. The van der Waals surface area contributed by atoms with Gasteiger partial charge in [0.2, 0.25) is 0 Å². The molecule has 2 aliphatic carbocycles. The fraction of sp³-hybridized carbons (Fsp3) is 0.556. The zero-order chi connectivity index (χ0) is 23.7. The van der Waals surface area contributed by atoms with Crippen LogP contribution < -0.4 is 9.62 Å². The van der Waals surface area contributed by atoms with E-state index in [0.717, 1.165) is 54.0 Å². The molecule has 0 radical (unpaired) electrons. The zero-order valence-corrected chi connectivity index (χ0v) is 21.1. The minimum atomic E-state index is 0.160. The van der Waals surface area contributed by atoms with E-state index in [-0.39, 0.29) is 6.61 Å². The average molecular weight is 494 g/mol. The summed E-state index contributed by atoms with van der Waals surface area (Å²) in [4.78, 5) is 2.49. The second kappa shape index (κ2) is 9.90. The van der Waals surface area contributed by atoms with Crippen LogP contribution in [-0.4, -0.2) is 45.5 Å². The van der Waals surface area contributed by atoms with Gasteiger partial charge in [0, 0.05) is 31.0 Å². The maximum atomic E-state index is 9.12. The number of anilines is 2. The van der Waals surface area contributed by atoms with Gasteiger partial charge in [0.05, 0.1) is 24.2 Å². The van der Waals surface area contributed by atoms with Crippen LogP contribution in [0.3, 0.4) is 0 Å². The molecule has 6 rings (SSSR count). The number of furan rings is 1. The van der Waals surface area contributed by atoms with E-state index in [1.165, 1.54) is 69.0 Å². The van der Waals surface area contributed by atoms with E-state index in [9.17, 15) is 0 Å². The van der Waals surface area contributed by atoms with Crippen LogP contribution in [0.4, 0.5) is 11.4 Å². The predicted molar refractivity (Wildman–Crippen MR) is 141 cm³/mol. The first kappa shape index (κ1) is 23.0. The number of aliphatic hydroxyl groups is 1. The molecular weight excluding hydrogens is 458 g/mol. The van der Waals surface area contributed by atoms with Gasteiger partial charge < -0.3 is 19.1 Å². The Morgan fingerprint density at radius 1 is 1.06 bits per heavy atom. The van der Waals surface area contributed by atoms with E-state index in [0.29, 0.717) is 11.2 Å². The lowest BCUT2D eigenvalue weighted by Crippen LogP contribution is -2.35. The summed E-state index contributed by atoms with van der Waals surface area (Å²) < 4.78 is 11.4. The smallest absolute Gasteiger partial charge is 0.156 e. The molecule has 0 amide bonds. The highest BCUT2D eigenvalue weighted by Crippen LogP contribution is 2.54. The van der Waals surface area contributed by atoms with Gasteiger partial charge in [-0.1, -0.05) is 42.8 Å². The maximum Gasteiger partial charge on any atom is 0.156 e. The zero-order valence-electron chi connectivity index (χ0n) is 20.3. The van der Waals surface area contributed by atoms with Gasteiger partial charge >= 0.3 is 0 Å². The number of nitrogens with one attached hydrogen (secondary N) is 1. The number of aromatic nitrogens is 3. The van der Waals surface area contributed by atoms with Gasteiger partial charge in [0.25, 0.3) is 0 Å². The fourth-order valence-corrected chi connectivity index (χ4v) is 6.22. The molecule has 8 heteroatoms. The van der Waals surface area contributed by atoms with Crippen molar-refractivity contribution in [1.82, 2.24) is 15.0 Å². The van der Waals surface area contributed by atoms with Gasteiger partial charge in [-0.15, -0.1) is 5.10 Å². The molecule has 2 aromatic heterocycles. The van der Waals surface area contributed by atoms with Crippen molar-refractivity contribution in [3.63, 3.8) is 0 Å². The van der Waals surface area contributed by atoms with E-state index < -0.39 is 0 Å². The minimum Gasteiger partial charge on any atom is -0.459 e. The number of rotatable bonds is 9. The van der Waals surface area contributed by atoms with Crippen LogP contribution >= 0.6 is 11.9 Å². The third-order valence-electron chi connectivity index (χ3n) is 8.10. The molecule has 35 heavy (non-hydrogen) atoms. The van der Waals surface area contributed by atoms with Crippen LogP contribution in [0.25, 0.3) is 17.1 Å². The molecule has 3 fully saturated rings. The number of hydrogen-bond acceptors (Lipinski definition) is 7. The molecule has 1 aliphatic heterocycles. The van der Waals surface area contributed by atoms with Gasteiger partial charge in [-0.25, -0.2) is 4.68 Å². The van der Waals surface area contributed by atoms with Crippen LogP contribution in [-0.2, 0) is 6.42 Å². The van der Waals surface area contributed by atoms with Crippen molar-refractivity contribution in [3.05, 3.63) is 42.3 Å². The molecule has 0 unspecified atom stereocenters. The summed E-state index contributed by atoms with van der Waals surface area (Å²) in [6.45, 7) is 2.31. The summed E-state index contributed by atoms with van der Waals surface area (Å²) in [6.07, 6.45) is 13.7. The minimum absolute atomic E-state index is 0.160. The third kappa shape index (κ3) is 5.09. The number of piperidine rings is 1. The number of aliphatic hydroxyl groups excluding tert-OH is 1. The number of hydrogen-bond donors (Lipinski definition) is 2. The van der Waals surface area contributed by atoms with E-state index in [1.807, 2.05) is 16.9 Å². The predicted octanol–water partition coefficient (Wildman–Crippen LogP) is 5.69. The molecule has 1 aromatic carbocycles. The number of nitrogens with zero attached hydrogens (tertiary/aromatic N) is 4.